The molecule has 0 spiro atoms. The number of carbonyl (C=O) groups is 4. The highest BCUT2D eigenvalue weighted by atomic mass is 35.5. The van der Waals surface area contributed by atoms with Crippen molar-refractivity contribution in [1.29, 1.82) is 0 Å². The Kier molecular flexibility index (Phi) is 8.10. The van der Waals surface area contributed by atoms with Crippen LogP contribution < -0.4 is 10.3 Å². The highest BCUT2D eigenvalue weighted by Crippen LogP contribution is 2.64. The Morgan fingerprint density at radius 2 is 1.52 bits per heavy atom. The number of aryl methyl sites for hydroxylation is 3. The summed E-state index contributed by atoms with van der Waals surface area (Å²) in [7, 11) is 0. The summed E-state index contributed by atoms with van der Waals surface area (Å²) in [6.07, 6.45) is 3.25. The Morgan fingerprint density at radius 1 is 0.865 bits per heavy atom. The predicted molar refractivity (Wildman–Crippen MR) is 195 cm³/mol. The summed E-state index contributed by atoms with van der Waals surface area (Å²) in [6.45, 7) is 5.61. The number of benzene rings is 4. The van der Waals surface area contributed by atoms with Crippen LogP contribution in [0.2, 0.25) is 5.02 Å². The predicted octanol–water partition coefficient (Wildman–Crippen LogP) is 7.55. The second kappa shape index (κ2) is 12.4. The number of imide groups is 2. The lowest BCUT2D eigenvalue weighted by molar-refractivity contribution is -0.138. The first kappa shape index (κ1) is 33.8. The van der Waals surface area contributed by atoms with Crippen molar-refractivity contribution in [3.63, 3.8) is 0 Å². The number of hydrogen-bond donors (Lipinski definition) is 2. The maximum absolute atomic E-state index is 15.3. The third-order valence-electron chi connectivity index (χ3n) is 11.7. The highest BCUT2D eigenvalue weighted by Gasteiger charge is 2.70. The minimum atomic E-state index is -1.50. The lowest BCUT2D eigenvalue weighted by atomic mass is 9.49. The monoisotopic (exact) mass is 717 g/mol. The van der Waals surface area contributed by atoms with E-state index in [-0.39, 0.29) is 30.4 Å². The summed E-state index contributed by atoms with van der Waals surface area (Å²) < 4.78 is 13.9. The van der Waals surface area contributed by atoms with Crippen molar-refractivity contribution in [2.45, 2.75) is 51.4 Å². The standard InChI is InChI=1S/C42H37ClFN3O5/c1-4-24-5-15-30(16-6-24)46-38(49)32-18-17-31-33(35(32)40(46)51)21-34-39(50)47(45-29-13-11-28(44)12-14-29)41(52)42(34,26-7-9-27(43)10-8-26)36(31)25-19-22(2)37(48)23(3)20-25/h5-17,19-20,32-36,45,48H,4,18,21H2,1-3H3/t32-,33+,34-,35-,36-,42+/m0/s1. The molecular weight excluding hydrogens is 681 g/mol. The van der Waals surface area contributed by atoms with E-state index in [1.807, 2.05) is 37.3 Å². The summed E-state index contributed by atoms with van der Waals surface area (Å²) in [5, 5.41) is 12.3. The number of aromatic hydroxyl groups is 1. The van der Waals surface area contributed by atoms with Gasteiger partial charge in [0.15, 0.2) is 0 Å². The van der Waals surface area contributed by atoms with E-state index in [1.54, 1.807) is 50.2 Å². The maximum atomic E-state index is 15.3. The second-order valence-corrected chi connectivity index (χ2v) is 14.8. The molecule has 3 fully saturated rings. The van der Waals surface area contributed by atoms with Gasteiger partial charge in [0.25, 0.3) is 11.8 Å². The van der Waals surface area contributed by atoms with E-state index in [4.69, 9.17) is 11.6 Å². The largest absolute Gasteiger partial charge is 0.507 e. The van der Waals surface area contributed by atoms with E-state index in [0.717, 1.165) is 22.6 Å². The number of halogens is 2. The Labute approximate surface area is 305 Å². The van der Waals surface area contributed by atoms with Crippen molar-refractivity contribution < 1.29 is 28.7 Å². The van der Waals surface area contributed by atoms with Crippen molar-refractivity contribution in [1.82, 2.24) is 5.01 Å². The average molecular weight is 718 g/mol. The number of amides is 4. The van der Waals surface area contributed by atoms with Crippen molar-refractivity contribution in [3.05, 3.63) is 135 Å². The molecular formula is C42H37ClFN3O5. The topological polar surface area (TPSA) is 107 Å². The smallest absolute Gasteiger partial charge is 0.260 e. The summed E-state index contributed by atoms with van der Waals surface area (Å²) >= 11 is 6.38. The first-order valence-corrected chi connectivity index (χ1v) is 18.0. The summed E-state index contributed by atoms with van der Waals surface area (Å²) in [5.74, 6) is -5.56. The number of nitrogens with one attached hydrogen (secondary N) is 1. The van der Waals surface area contributed by atoms with Crippen LogP contribution in [-0.2, 0) is 31.0 Å². The van der Waals surface area contributed by atoms with E-state index in [9.17, 15) is 23.9 Å². The fraction of sp³-hybridized carbons (Fsp3) is 0.286. The van der Waals surface area contributed by atoms with Gasteiger partial charge in [-0.25, -0.2) is 4.39 Å². The second-order valence-electron chi connectivity index (χ2n) is 14.4. The van der Waals surface area contributed by atoms with Gasteiger partial charge < -0.3 is 5.11 Å². The van der Waals surface area contributed by atoms with Crippen molar-refractivity contribution in [2.75, 3.05) is 10.3 Å². The molecule has 2 N–H and O–H groups in total. The van der Waals surface area contributed by atoms with E-state index in [2.05, 4.69) is 5.43 Å². The fourth-order valence-corrected chi connectivity index (χ4v) is 9.45. The van der Waals surface area contributed by atoms with Crippen molar-refractivity contribution in [2.24, 2.45) is 23.7 Å². The van der Waals surface area contributed by atoms with Crippen LogP contribution in [0.4, 0.5) is 15.8 Å². The molecule has 264 valence electrons. The number of hydrogen-bond acceptors (Lipinski definition) is 6. The number of hydrazine groups is 1. The van der Waals surface area contributed by atoms with Gasteiger partial charge in [0, 0.05) is 10.9 Å². The summed E-state index contributed by atoms with van der Waals surface area (Å²) in [6, 6.07) is 23.4. The molecule has 8 rings (SSSR count). The van der Waals surface area contributed by atoms with Crippen molar-refractivity contribution in [3.8, 4) is 5.75 Å². The van der Waals surface area contributed by atoms with Gasteiger partial charge in [0.1, 0.15) is 11.6 Å². The van der Waals surface area contributed by atoms with Gasteiger partial charge in [-0.3, -0.25) is 29.5 Å². The third-order valence-corrected chi connectivity index (χ3v) is 12.0. The van der Waals surface area contributed by atoms with Crippen LogP contribution in [0.5, 0.6) is 5.75 Å². The zero-order valence-electron chi connectivity index (χ0n) is 28.9. The molecule has 4 aliphatic rings. The lowest BCUT2D eigenvalue weighted by Crippen LogP contribution is -2.53. The normalized spacial score (nSPS) is 26.6. The molecule has 2 aliphatic heterocycles. The van der Waals surface area contributed by atoms with Crippen LogP contribution in [0.1, 0.15) is 53.5 Å². The Bertz CT molecular complexity index is 2160. The van der Waals surface area contributed by atoms with E-state index < -0.39 is 52.6 Å². The van der Waals surface area contributed by atoms with Crippen LogP contribution in [0.15, 0.2) is 96.6 Å². The molecule has 10 heteroatoms. The third kappa shape index (κ3) is 4.93. The number of carbonyl (C=O) groups excluding carboxylic acids is 4. The van der Waals surface area contributed by atoms with Gasteiger partial charge in [0.2, 0.25) is 11.8 Å². The molecule has 52 heavy (non-hydrogen) atoms. The minimum Gasteiger partial charge on any atom is -0.507 e. The molecule has 2 heterocycles. The van der Waals surface area contributed by atoms with Crippen LogP contribution in [-0.4, -0.2) is 33.7 Å². The molecule has 8 nitrogen and oxygen atoms in total. The summed E-state index contributed by atoms with van der Waals surface area (Å²) in [4.78, 5) is 60.0. The SMILES string of the molecule is CCc1ccc(N2C(=O)[C@H]3[C@H](CC=C4[C@H]3C[C@H]3C(=O)N(Nc5ccc(F)cc5)C(=O)[C@@]3(c3ccc(Cl)cc3)[C@H]4c3cc(C)c(O)c(C)c3)C2=O)cc1. The van der Waals surface area contributed by atoms with Crippen LogP contribution >= 0.6 is 11.6 Å². The molecule has 2 aliphatic carbocycles. The van der Waals surface area contributed by atoms with Gasteiger partial charge in [-0.15, -0.1) is 0 Å². The Hall–Kier alpha value is -5.28. The molecule has 1 saturated carbocycles. The number of phenolic OH excluding ortho intramolecular Hbond substituents is 1. The number of nitrogens with zero attached hydrogens (tertiary/aromatic N) is 2. The van der Waals surface area contributed by atoms with Gasteiger partial charge in [-0.2, -0.15) is 5.01 Å². The van der Waals surface area contributed by atoms with Gasteiger partial charge >= 0.3 is 0 Å². The molecule has 0 bridgehead atoms. The van der Waals surface area contributed by atoms with Gasteiger partial charge in [-0.05, 0) is 115 Å². The fourth-order valence-electron chi connectivity index (χ4n) is 9.32. The average Bonchev–Trinajstić information content (AvgIpc) is 3.52. The highest BCUT2D eigenvalue weighted by molar-refractivity contribution is 6.30. The molecule has 6 atom stereocenters. The molecule has 4 aromatic rings. The Morgan fingerprint density at radius 3 is 2.15 bits per heavy atom. The first-order valence-electron chi connectivity index (χ1n) is 17.6. The zero-order chi connectivity index (χ0) is 36.6. The molecule has 2 saturated heterocycles. The van der Waals surface area contributed by atoms with E-state index >= 15 is 4.79 Å². The first-order chi connectivity index (χ1) is 24.9. The zero-order valence-corrected chi connectivity index (χ0v) is 29.7. The molecule has 0 unspecified atom stereocenters. The van der Waals surface area contributed by atoms with Crippen LogP contribution in [0, 0.1) is 43.3 Å². The van der Waals surface area contributed by atoms with Crippen LogP contribution in [0.3, 0.4) is 0 Å². The molecule has 4 amide bonds. The van der Waals surface area contributed by atoms with E-state index in [1.165, 1.54) is 29.2 Å². The minimum absolute atomic E-state index is 0.126. The number of rotatable bonds is 6. The lowest BCUT2D eigenvalue weighted by Gasteiger charge is -2.50. The molecule has 0 radical (unpaired) electrons. The maximum Gasteiger partial charge on any atom is 0.260 e. The molecule has 4 aromatic carbocycles. The molecule has 0 aromatic heterocycles. The van der Waals surface area contributed by atoms with E-state index in [0.29, 0.717) is 38.7 Å². The number of fused-ring (bicyclic) bond motifs is 4. The number of allylic oxidation sites excluding steroid dienone is 2. The van der Waals surface area contributed by atoms with Gasteiger partial charge in [0.05, 0.1) is 34.5 Å². The van der Waals surface area contributed by atoms with Crippen molar-refractivity contribution >= 4 is 46.6 Å². The number of phenols is 1. The Balaban J connectivity index is 1.32. The summed E-state index contributed by atoms with van der Waals surface area (Å²) in [5.41, 5.74) is 6.70. The van der Waals surface area contributed by atoms with Crippen LogP contribution in [0.25, 0.3) is 0 Å². The van der Waals surface area contributed by atoms with Gasteiger partial charge in [-0.1, -0.05) is 66.6 Å². The quantitative estimate of drug-likeness (QED) is 0.158. The number of anilines is 2.